The van der Waals surface area contributed by atoms with Gasteiger partial charge in [0.05, 0.1) is 31.3 Å². The molecule has 3 heterocycles. The van der Waals surface area contributed by atoms with E-state index in [1.165, 1.54) is 0 Å². The fourth-order valence-corrected chi connectivity index (χ4v) is 3.30. The number of carbonyl (C=O) groups excluding carboxylic acids is 2. The van der Waals surface area contributed by atoms with Crippen molar-refractivity contribution in [2.45, 2.75) is 19.0 Å². The van der Waals surface area contributed by atoms with Crippen LogP contribution in [0.1, 0.15) is 12.2 Å². The van der Waals surface area contributed by atoms with Crippen LogP contribution < -0.4 is 0 Å². The molecule has 21 heavy (non-hydrogen) atoms. The van der Waals surface area contributed by atoms with Gasteiger partial charge in [-0.2, -0.15) is 0 Å². The molecule has 0 spiro atoms. The minimum absolute atomic E-state index is 0.0122. The number of fused-ring (bicyclic) bond motifs is 1. The van der Waals surface area contributed by atoms with E-state index in [1.54, 1.807) is 23.1 Å². The van der Waals surface area contributed by atoms with E-state index < -0.39 is 0 Å². The smallest absolute Gasteiger partial charge is 0.242 e. The maximum atomic E-state index is 12.4. The average Bonchev–Trinajstić information content (AvgIpc) is 2.95. The van der Waals surface area contributed by atoms with Crippen LogP contribution in [-0.2, 0) is 16.1 Å². The number of carbonyl (C=O) groups is 2. The molecule has 0 radical (unpaired) electrons. The van der Waals surface area contributed by atoms with E-state index in [1.807, 2.05) is 19.2 Å². The van der Waals surface area contributed by atoms with Crippen molar-refractivity contribution in [2.75, 3.05) is 33.7 Å². The van der Waals surface area contributed by atoms with Crippen molar-refractivity contribution >= 4 is 11.8 Å². The van der Waals surface area contributed by atoms with Gasteiger partial charge in [0.15, 0.2) is 0 Å². The number of nitrogens with zero attached hydrogens (tertiary/aromatic N) is 3. The van der Waals surface area contributed by atoms with Crippen molar-refractivity contribution in [1.82, 2.24) is 14.7 Å². The SMILES string of the molecule is CN1CC(=O)N(C)[C@@H]2CN(Cc3ccco3)CC[C@@H]2C1=O. The van der Waals surface area contributed by atoms with Crippen molar-refractivity contribution in [2.24, 2.45) is 5.92 Å². The Morgan fingerprint density at radius 3 is 2.86 bits per heavy atom. The molecule has 1 aromatic rings. The van der Waals surface area contributed by atoms with Crippen molar-refractivity contribution < 1.29 is 14.0 Å². The quantitative estimate of drug-likeness (QED) is 0.791. The maximum Gasteiger partial charge on any atom is 0.242 e. The summed E-state index contributed by atoms with van der Waals surface area (Å²) in [5.41, 5.74) is 0. The Labute approximate surface area is 124 Å². The second-order valence-electron chi connectivity index (χ2n) is 5.98. The highest BCUT2D eigenvalue weighted by molar-refractivity contribution is 5.89. The van der Waals surface area contributed by atoms with E-state index in [0.29, 0.717) is 6.54 Å². The first kappa shape index (κ1) is 14.1. The highest BCUT2D eigenvalue weighted by Crippen LogP contribution is 2.27. The summed E-state index contributed by atoms with van der Waals surface area (Å²) in [6.07, 6.45) is 2.45. The fourth-order valence-electron chi connectivity index (χ4n) is 3.30. The van der Waals surface area contributed by atoms with Crippen molar-refractivity contribution in [3.8, 4) is 0 Å². The molecule has 114 valence electrons. The topological polar surface area (TPSA) is 57.0 Å². The molecule has 0 saturated carbocycles. The van der Waals surface area contributed by atoms with Gasteiger partial charge in [-0.1, -0.05) is 0 Å². The molecule has 0 unspecified atom stereocenters. The van der Waals surface area contributed by atoms with Crippen molar-refractivity contribution in [1.29, 1.82) is 0 Å². The molecule has 0 bridgehead atoms. The maximum absolute atomic E-state index is 12.4. The number of likely N-dealkylation sites (tertiary alicyclic amines) is 1. The monoisotopic (exact) mass is 291 g/mol. The number of hydrogen-bond acceptors (Lipinski definition) is 4. The summed E-state index contributed by atoms with van der Waals surface area (Å²) < 4.78 is 5.39. The third kappa shape index (κ3) is 2.68. The van der Waals surface area contributed by atoms with Gasteiger partial charge >= 0.3 is 0 Å². The number of rotatable bonds is 2. The Bertz CT molecular complexity index is 528. The number of furan rings is 1. The Balaban J connectivity index is 1.75. The first-order valence-electron chi connectivity index (χ1n) is 7.31. The van der Waals surface area contributed by atoms with E-state index in [0.717, 1.165) is 25.3 Å². The second kappa shape index (κ2) is 5.52. The minimum atomic E-state index is -0.0840. The van der Waals surface area contributed by atoms with Crippen LogP contribution in [0.25, 0.3) is 0 Å². The summed E-state index contributed by atoms with van der Waals surface area (Å²) >= 11 is 0. The molecule has 1 aromatic heterocycles. The summed E-state index contributed by atoms with van der Waals surface area (Å²) in [5, 5.41) is 0. The molecule has 2 amide bonds. The Morgan fingerprint density at radius 1 is 1.33 bits per heavy atom. The molecule has 6 heteroatoms. The van der Waals surface area contributed by atoms with Gasteiger partial charge in [0.25, 0.3) is 0 Å². The van der Waals surface area contributed by atoms with Gasteiger partial charge in [-0.15, -0.1) is 0 Å². The lowest BCUT2D eigenvalue weighted by Crippen LogP contribution is -2.53. The van der Waals surface area contributed by atoms with Gasteiger partial charge < -0.3 is 14.2 Å². The third-order valence-electron chi connectivity index (χ3n) is 4.58. The first-order chi connectivity index (χ1) is 10.1. The number of piperidine rings is 1. The Hall–Kier alpha value is -1.82. The highest BCUT2D eigenvalue weighted by Gasteiger charge is 2.42. The standard InChI is InChI=1S/C15H21N3O3/c1-16-10-14(19)17(2)13-9-18(6-5-12(13)15(16)20)8-11-4-3-7-21-11/h3-4,7,12-13H,5-6,8-10H2,1-2H3/t12-,13+/m0/s1. The van der Waals surface area contributed by atoms with Crippen LogP contribution >= 0.6 is 0 Å². The molecule has 2 aliphatic rings. The molecule has 2 saturated heterocycles. The predicted molar refractivity (Wildman–Crippen MR) is 76.3 cm³/mol. The molecule has 0 aromatic carbocycles. The van der Waals surface area contributed by atoms with Gasteiger partial charge in [-0.3, -0.25) is 14.5 Å². The Morgan fingerprint density at radius 2 is 2.14 bits per heavy atom. The molecule has 0 N–H and O–H groups in total. The highest BCUT2D eigenvalue weighted by atomic mass is 16.3. The lowest BCUT2D eigenvalue weighted by Gasteiger charge is -2.40. The second-order valence-corrected chi connectivity index (χ2v) is 5.98. The molecular weight excluding hydrogens is 270 g/mol. The van der Waals surface area contributed by atoms with Crippen LogP contribution in [-0.4, -0.2) is 66.3 Å². The van der Waals surface area contributed by atoms with Crippen LogP contribution in [0.15, 0.2) is 22.8 Å². The fraction of sp³-hybridized carbons (Fsp3) is 0.600. The van der Waals surface area contributed by atoms with E-state index in [-0.39, 0.29) is 30.3 Å². The van der Waals surface area contributed by atoms with Crippen LogP contribution in [0.5, 0.6) is 0 Å². The lowest BCUT2D eigenvalue weighted by molar-refractivity contribution is -0.136. The number of likely N-dealkylation sites (N-methyl/N-ethyl adjacent to an activating group) is 2. The number of amides is 2. The molecule has 2 fully saturated rings. The van der Waals surface area contributed by atoms with E-state index in [9.17, 15) is 9.59 Å². The summed E-state index contributed by atoms with van der Waals surface area (Å²) in [6, 6.07) is 3.79. The molecule has 6 nitrogen and oxygen atoms in total. The van der Waals surface area contributed by atoms with E-state index in [2.05, 4.69) is 4.90 Å². The zero-order valence-electron chi connectivity index (χ0n) is 12.5. The van der Waals surface area contributed by atoms with Crippen LogP contribution in [0.3, 0.4) is 0 Å². The van der Waals surface area contributed by atoms with Gasteiger partial charge in [-0.25, -0.2) is 0 Å². The van der Waals surface area contributed by atoms with E-state index >= 15 is 0 Å². The summed E-state index contributed by atoms with van der Waals surface area (Å²) in [5.74, 6) is 0.937. The average molecular weight is 291 g/mol. The largest absolute Gasteiger partial charge is 0.468 e. The van der Waals surface area contributed by atoms with Crippen LogP contribution in [0.2, 0.25) is 0 Å². The summed E-state index contributed by atoms with van der Waals surface area (Å²) in [6.45, 7) is 2.47. The van der Waals surface area contributed by atoms with Gasteiger partial charge in [0, 0.05) is 20.6 Å². The molecule has 0 aliphatic carbocycles. The molecule has 2 atom stereocenters. The van der Waals surface area contributed by atoms with Crippen LogP contribution in [0.4, 0.5) is 0 Å². The van der Waals surface area contributed by atoms with Crippen molar-refractivity contribution in [3.05, 3.63) is 24.2 Å². The van der Waals surface area contributed by atoms with Gasteiger partial charge in [0.2, 0.25) is 11.8 Å². The zero-order chi connectivity index (χ0) is 15.0. The lowest BCUT2D eigenvalue weighted by atomic mass is 9.89. The number of hydrogen-bond donors (Lipinski definition) is 0. The summed E-state index contributed by atoms with van der Waals surface area (Å²) in [7, 11) is 3.52. The minimum Gasteiger partial charge on any atom is -0.468 e. The normalized spacial score (nSPS) is 27.7. The predicted octanol–water partition coefficient (Wildman–Crippen LogP) is 0.400. The molecular formula is C15H21N3O3. The summed E-state index contributed by atoms with van der Waals surface area (Å²) in [4.78, 5) is 30.1. The Kier molecular flexibility index (Phi) is 3.71. The third-order valence-corrected chi connectivity index (χ3v) is 4.58. The van der Waals surface area contributed by atoms with Crippen molar-refractivity contribution in [3.63, 3.8) is 0 Å². The van der Waals surface area contributed by atoms with Gasteiger partial charge in [0.1, 0.15) is 5.76 Å². The van der Waals surface area contributed by atoms with Gasteiger partial charge in [-0.05, 0) is 25.1 Å². The van der Waals surface area contributed by atoms with Crippen LogP contribution in [0, 0.1) is 5.92 Å². The first-order valence-corrected chi connectivity index (χ1v) is 7.31. The molecule has 3 rings (SSSR count). The van der Waals surface area contributed by atoms with E-state index in [4.69, 9.17) is 4.42 Å². The zero-order valence-corrected chi connectivity index (χ0v) is 12.5. The molecule has 2 aliphatic heterocycles.